The third-order valence-electron chi connectivity index (χ3n) is 17.3. The fourth-order valence-electron chi connectivity index (χ4n) is 18.7. The SMILES string of the molecule is C=C(N1CCCCC1C)[C]12[CH]3[CH]4[CH]5[CH]1[Fe]45321678[CH]2[CH]1[CH]6[CH]7[CH]28. The fourth-order valence-corrected chi connectivity index (χ4v) is 92.9. The summed E-state index contributed by atoms with van der Waals surface area (Å²) in [7, 11) is 0. The van der Waals surface area contributed by atoms with E-state index in [0.29, 0.717) is 0 Å². The third-order valence-corrected chi connectivity index (χ3v) is 59.6. The van der Waals surface area contributed by atoms with E-state index < -0.39 is 6.51 Å². The van der Waals surface area contributed by atoms with Crippen LogP contribution in [0.5, 0.6) is 0 Å². The van der Waals surface area contributed by atoms with E-state index in [0.717, 1.165) is 10.4 Å². The molecule has 0 aromatic carbocycles. The molecule has 0 bridgehead atoms. The van der Waals surface area contributed by atoms with Crippen LogP contribution in [-0.4, -0.2) is 17.5 Å². The van der Waals surface area contributed by atoms with E-state index in [1.54, 1.807) is 5.70 Å². The predicted octanol–water partition coefficient (Wildman–Crippen LogP) is 5.13. The summed E-state index contributed by atoms with van der Waals surface area (Å²) < 4.78 is 0.921. The summed E-state index contributed by atoms with van der Waals surface area (Å²) in [6.45, 7) is 5.82. The molecule has 11 heterocycles. The Balaban J connectivity index is 1.31. The minimum absolute atomic E-state index is 0.816. The van der Waals surface area contributed by atoms with Crippen LogP contribution in [0.1, 0.15) is 26.2 Å². The quantitative estimate of drug-likeness (QED) is 0.639. The first-order valence-corrected chi connectivity index (χ1v) is 15.4. The molecule has 1 spiro atoms. The van der Waals surface area contributed by atoms with Crippen LogP contribution in [0.15, 0.2) is 12.3 Å². The average molecular weight is 309 g/mol. The van der Waals surface area contributed by atoms with Crippen LogP contribution in [0.25, 0.3) is 0 Å². The number of hydrogen-bond acceptors (Lipinski definition) is 1. The van der Waals surface area contributed by atoms with Gasteiger partial charge in [0.05, 0.1) is 0 Å². The van der Waals surface area contributed by atoms with Crippen molar-refractivity contribution in [1.82, 2.24) is 4.90 Å². The Morgan fingerprint density at radius 1 is 1.00 bits per heavy atom. The Labute approximate surface area is 110 Å². The fraction of sp³-hybridized carbons (Fsp3) is 0.889. The van der Waals surface area contributed by atoms with Gasteiger partial charge in [-0.05, 0) is 0 Å². The molecule has 5 atom stereocenters. The van der Waals surface area contributed by atoms with E-state index in [1.165, 1.54) is 69.2 Å². The summed E-state index contributed by atoms with van der Waals surface area (Å²) in [4.78, 5) is 15.9. The molecule has 11 fully saturated rings. The second-order valence-corrected chi connectivity index (χ2v) is 36.2. The predicted molar refractivity (Wildman–Crippen MR) is 75.6 cm³/mol. The van der Waals surface area contributed by atoms with Crippen LogP contribution in [0.2, 0.25) is 47.7 Å². The van der Waals surface area contributed by atoms with E-state index >= 15 is 0 Å². The Bertz CT molecular complexity index is 1000. The van der Waals surface area contributed by atoms with Crippen molar-refractivity contribution >= 4 is 0 Å². The van der Waals surface area contributed by atoms with E-state index in [-0.39, 0.29) is 0 Å². The molecule has 2 heteroatoms. The van der Waals surface area contributed by atoms with Gasteiger partial charge in [-0.15, -0.1) is 0 Å². The van der Waals surface area contributed by atoms with Crippen LogP contribution >= 0.6 is 0 Å². The van der Waals surface area contributed by atoms with Crippen molar-refractivity contribution in [2.75, 3.05) is 6.54 Å². The molecule has 0 N–H and O–H groups in total. The molecule has 11 aliphatic heterocycles. The van der Waals surface area contributed by atoms with Crippen molar-refractivity contribution < 1.29 is 6.51 Å². The van der Waals surface area contributed by atoms with Crippen molar-refractivity contribution in [3.05, 3.63) is 12.3 Å². The zero-order valence-corrected chi connectivity index (χ0v) is 13.2. The summed E-state index contributed by atoms with van der Waals surface area (Å²) in [6.07, 6.45) is 4.34. The van der Waals surface area contributed by atoms with E-state index in [2.05, 4.69) is 11.8 Å². The van der Waals surface area contributed by atoms with Gasteiger partial charge in [0, 0.05) is 0 Å². The van der Waals surface area contributed by atoms with Gasteiger partial charge in [0.15, 0.2) is 0 Å². The van der Waals surface area contributed by atoms with Crippen molar-refractivity contribution in [3.63, 3.8) is 0 Å². The van der Waals surface area contributed by atoms with Gasteiger partial charge in [-0.25, -0.2) is 0 Å². The van der Waals surface area contributed by atoms with E-state index in [1.807, 2.05) is 0 Å². The summed E-state index contributed by atoms with van der Waals surface area (Å²) in [5.41, 5.74) is 1.79. The maximum atomic E-state index is 4.88. The van der Waals surface area contributed by atoms with Gasteiger partial charge >= 0.3 is 110 Å². The van der Waals surface area contributed by atoms with Crippen LogP contribution in [0, 0.1) is 0 Å². The van der Waals surface area contributed by atoms with Gasteiger partial charge in [-0.2, -0.15) is 0 Å². The second kappa shape index (κ2) is 0.750. The van der Waals surface area contributed by atoms with Crippen LogP contribution in [0.4, 0.5) is 0 Å². The van der Waals surface area contributed by atoms with Gasteiger partial charge in [0.2, 0.25) is 0 Å². The first kappa shape index (κ1) is 8.06. The molecule has 0 radical (unpaired) electrons. The summed E-state index contributed by atoms with van der Waals surface area (Å²) in [5.74, 6) is 0. The number of hydrogen-bond donors (Lipinski definition) is 0. The number of nitrogens with zero attached hydrogens (tertiary/aromatic N) is 1. The van der Waals surface area contributed by atoms with E-state index in [4.69, 9.17) is 6.58 Å². The van der Waals surface area contributed by atoms with Gasteiger partial charge in [-0.3, -0.25) is 0 Å². The summed E-state index contributed by atoms with van der Waals surface area (Å²) in [5, 5.41) is 0. The van der Waals surface area contributed by atoms with Gasteiger partial charge < -0.3 is 0 Å². The number of allylic oxidation sites excluding steroid dienone is 1. The Hall–Kier alpha value is 0.0595. The van der Waals surface area contributed by atoms with Gasteiger partial charge in [0.25, 0.3) is 0 Å². The molecule has 1 nitrogen and oxygen atoms in total. The zero-order valence-electron chi connectivity index (χ0n) is 12.1. The maximum absolute atomic E-state index is 4.88. The van der Waals surface area contributed by atoms with Gasteiger partial charge in [-0.1, -0.05) is 0 Å². The number of rotatable bonds is 2. The molecule has 20 heavy (non-hydrogen) atoms. The molecule has 0 aromatic heterocycles. The Morgan fingerprint density at radius 3 is 2.00 bits per heavy atom. The first-order valence-electron chi connectivity index (χ1n) is 9.15. The van der Waals surface area contributed by atoms with Crippen molar-refractivity contribution in [2.24, 2.45) is 0 Å². The number of piperidine rings is 1. The summed E-state index contributed by atoms with van der Waals surface area (Å²) >= 11 is 0. The number of fused-ring (bicyclic) bond motifs is 10. The van der Waals surface area contributed by atoms with Crippen molar-refractivity contribution in [3.8, 4) is 0 Å². The average Bonchev–Trinajstić information content (AvgIpc) is 3.38. The van der Waals surface area contributed by atoms with Crippen molar-refractivity contribution in [1.29, 1.82) is 0 Å². The molecule has 0 saturated carbocycles. The monoisotopic (exact) mass is 309 g/mol. The molecular formula is C18H23FeN. The standard InChI is InChI=1S/C13H18N.C5H5.Fe/c1-11-7-5-6-10-14(11)12(2)13-8-3-4-9-13;1-2-4-5-3-1;/h3-4,8-9,11H,2,5-7,10H2,1H3;1-5H;. The van der Waals surface area contributed by atoms with Crippen LogP contribution < -0.4 is 0 Å². The Morgan fingerprint density at radius 2 is 1.60 bits per heavy atom. The molecule has 5 unspecified atom stereocenters. The van der Waals surface area contributed by atoms with Crippen molar-refractivity contribution in [2.45, 2.75) is 79.9 Å². The Kier molecular flexibility index (Phi) is 0.302. The third kappa shape index (κ3) is 0.0959. The molecule has 0 aliphatic carbocycles. The van der Waals surface area contributed by atoms with Crippen LogP contribution in [0.3, 0.4) is 0 Å². The molecule has 11 saturated heterocycles. The zero-order chi connectivity index (χ0) is 12.6. The number of likely N-dealkylation sites (tertiary alicyclic amines) is 1. The molecule has 11 rings (SSSR count). The molecule has 108 valence electrons. The molecule has 11 aliphatic rings. The summed E-state index contributed by atoms with van der Waals surface area (Å²) in [6, 6.07) is 0.816. The molecule has 0 aromatic rings. The molecule has 0 amide bonds. The topological polar surface area (TPSA) is 3.24 Å². The second-order valence-electron chi connectivity index (χ2n) is 12.7. The molecular weight excluding hydrogens is 286 g/mol. The van der Waals surface area contributed by atoms with E-state index in [9.17, 15) is 0 Å². The van der Waals surface area contributed by atoms with Crippen LogP contribution in [-0.2, 0) is 6.51 Å². The normalized spacial score (nSPS) is 111. The minimum atomic E-state index is -2.92. The van der Waals surface area contributed by atoms with Gasteiger partial charge in [0.1, 0.15) is 0 Å². The first-order chi connectivity index (χ1) is 9.47.